The smallest absolute Gasteiger partial charge is 0.329 e. The number of nitrogens with zero attached hydrogens (tertiary/aromatic N) is 2. The topological polar surface area (TPSA) is 127 Å². The van der Waals surface area contributed by atoms with Crippen LogP contribution in [0.2, 0.25) is 0 Å². The molecule has 1 atom stereocenters. The summed E-state index contributed by atoms with van der Waals surface area (Å²) >= 11 is 0. The van der Waals surface area contributed by atoms with Crippen molar-refractivity contribution in [1.82, 2.24) is 9.55 Å². The third kappa shape index (κ3) is 3.06. The third-order valence-corrected chi connectivity index (χ3v) is 5.76. The van der Waals surface area contributed by atoms with E-state index >= 15 is 0 Å². The summed E-state index contributed by atoms with van der Waals surface area (Å²) in [5.41, 5.74) is 0.612. The van der Waals surface area contributed by atoms with Crippen molar-refractivity contribution in [3.05, 3.63) is 77.6 Å². The van der Waals surface area contributed by atoms with Crippen LogP contribution in [0.25, 0.3) is 0 Å². The molecule has 0 radical (unpaired) electrons. The second-order valence-electron chi connectivity index (χ2n) is 8.51. The van der Waals surface area contributed by atoms with E-state index in [9.17, 15) is 24.5 Å². The van der Waals surface area contributed by atoms with Crippen LogP contribution in [0.15, 0.2) is 45.1 Å². The van der Waals surface area contributed by atoms with Gasteiger partial charge in [-0.25, -0.2) is 4.79 Å². The van der Waals surface area contributed by atoms with Crippen molar-refractivity contribution in [2.24, 2.45) is 5.41 Å². The number of carbonyl (C=O) groups excluding carboxylic acids is 1. The van der Waals surface area contributed by atoms with E-state index in [-0.39, 0.29) is 22.4 Å². The molecule has 2 aromatic rings. The number of nitrogens with one attached hydrogen (secondary N) is 2. The zero-order chi connectivity index (χ0) is 21.8. The van der Waals surface area contributed by atoms with E-state index in [0.29, 0.717) is 42.0 Å². The van der Waals surface area contributed by atoms with E-state index < -0.39 is 22.1 Å². The molecule has 4 rings (SSSR count). The standard InChI is InChI=1S/C21H22N4O5/c1-4-24-18-17(19(27)23-20(24)28)15(11-5-7-12(8-6-11)25(29)30)16-13(22-18)9-21(2,3)10-14(16)26/h5-8,15,22H,4,9-10H2,1-3H3,(H,23,27,28)/t15-/m1/s1. The van der Waals surface area contributed by atoms with E-state index in [2.05, 4.69) is 10.3 Å². The van der Waals surface area contributed by atoms with Gasteiger partial charge in [0.2, 0.25) is 0 Å². The second-order valence-corrected chi connectivity index (χ2v) is 8.51. The Hall–Kier alpha value is -3.49. The summed E-state index contributed by atoms with van der Waals surface area (Å²) in [6.45, 7) is 6.12. The predicted molar refractivity (Wildman–Crippen MR) is 111 cm³/mol. The Balaban J connectivity index is 2.01. The summed E-state index contributed by atoms with van der Waals surface area (Å²) in [6.07, 6.45) is 0.916. The van der Waals surface area contributed by atoms with Gasteiger partial charge < -0.3 is 5.32 Å². The van der Waals surface area contributed by atoms with E-state index in [1.165, 1.54) is 16.7 Å². The molecule has 0 unspecified atom stereocenters. The van der Waals surface area contributed by atoms with Gasteiger partial charge in [-0.1, -0.05) is 26.0 Å². The molecule has 1 aromatic heterocycles. The van der Waals surface area contributed by atoms with Gasteiger partial charge in [0.05, 0.1) is 10.5 Å². The van der Waals surface area contributed by atoms with E-state index in [1.807, 2.05) is 13.8 Å². The van der Waals surface area contributed by atoms with Crippen LogP contribution < -0.4 is 16.6 Å². The summed E-state index contributed by atoms with van der Waals surface area (Å²) in [5, 5.41) is 14.3. The van der Waals surface area contributed by atoms with Crippen LogP contribution >= 0.6 is 0 Å². The molecule has 2 aliphatic rings. The number of hydrogen-bond donors (Lipinski definition) is 2. The summed E-state index contributed by atoms with van der Waals surface area (Å²) in [5.74, 6) is -0.405. The average Bonchev–Trinajstić information content (AvgIpc) is 2.65. The quantitative estimate of drug-likeness (QED) is 0.592. The van der Waals surface area contributed by atoms with Crippen LogP contribution in [0.5, 0.6) is 0 Å². The van der Waals surface area contributed by atoms with Crippen LogP contribution in [-0.2, 0) is 11.3 Å². The summed E-state index contributed by atoms with van der Waals surface area (Å²) in [7, 11) is 0. The number of anilines is 1. The monoisotopic (exact) mass is 410 g/mol. The molecule has 0 amide bonds. The van der Waals surface area contributed by atoms with Crippen molar-refractivity contribution in [2.75, 3.05) is 5.32 Å². The molecule has 1 aliphatic heterocycles. The van der Waals surface area contributed by atoms with Gasteiger partial charge in [0.15, 0.2) is 5.78 Å². The minimum Gasteiger partial charge on any atom is -0.344 e. The molecular weight excluding hydrogens is 388 g/mol. The number of allylic oxidation sites excluding steroid dienone is 2. The fourth-order valence-corrected chi connectivity index (χ4v) is 4.48. The normalized spacial score (nSPS) is 19.7. The lowest BCUT2D eigenvalue weighted by molar-refractivity contribution is -0.384. The molecule has 1 aromatic carbocycles. The van der Waals surface area contributed by atoms with Gasteiger partial charge in [-0.2, -0.15) is 0 Å². The number of nitro benzene ring substituents is 1. The fourth-order valence-electron chi connectivity index (χ4n) is 4.48. The number of fused-ring (bicyclic) bond motifs is 1. The number of benzene rings is 1. The number of nitro groups is 1. The highest BCUT2D eigenvalue weighted by Gasteiger charge is 2.42. The zero-order valence-corrected chi connectivity index (χ0v) is 16.9. The van der Waals surface area contributed by atoms with Gasteiger partial charge in [0, 0.05) is 42.3 Å². The maximum atomic E-state index is 13.2. The SMILES string of the molecule is CCn1c2c(c(=O)[nH]c1=O)[C@H](c1ccc([N+](=O)[O-])cc1)C1=C(CC(C)(C)CC1=O)N2. The number of hydrogen-bond acceptors (Lipinski definition) is 6. The van der Waals surface area contributed by atoms with Gasteiger partial charge in [0.1, 0.15) is 5.82 Å². The fraction of sp³-hybridized carbons (Fsp3) is 0.381. The number of aromatic nitrogens is 2. The van der Waals surface area contributed by atoms with Crippen molar-refractivity contribution >= 4 is 17.3 Å². The van der Waals surface area contributed by atoms with Gasteiger partial charge in [0.25, 0.3) is 11.2 Å². The molecule has 9 nitrogen and oxygen atoms in total. The largest absolute Gasteiger partial charge is 0.344 e. The molecule has 1 aliphatic carbocycles. The van der Waals surface area contributed by atoms with Crippen molar-refractivity contribution in [3.8, 4) is 0 Å². The van der Waals surface area contributed by atoms with Crippen LogP contribution in [0, 0.1) is 15.5 Å². The molecular formula is C21H22N4O5. The highest BCUT2D eigenvalue weighted by molar-refractivity contribution is 6.01. The van der Waals surface area contributed by atoms with Crippen molar-refractivity contribution in [1.29, 1.82) is 0 Å². The highest BCUT2D eigenvalue weighted by Crippen LogP contribution is 2.47. The van der Waals surface area contributed by atoms with E-state index in [0.717, 1.165) is 0 Å². The Bertz CT molecular complexity index is 1220. The maximum absolute atomic E-state index is 13.2. The molecule has 0 fully saturated rings. The number of carbonyl (C=O) groups is 1. The molecule has 0 spiro atoms. The molecule has 0 bridgehead atoms. The summed E-state index contributed by atoms with van der Waals surface area (Å²) in [6, 6.07) is 5.85. The molecule has 9 heteroatoms. The number of aromatic amines is 1. The minimum absolute atomic E-state index is 0.0728. The summed E-state index contributed by atoms with van der Waals surface area (Å²) < 4.78 is 1.44. The minimum atomic E-state index is -0.706. The number of non-ortho nitro benzene ring substituents is 1. The van der Waals surface area contributed by atoms with Gasteiger partial charge >= 0.3 is 5.69 Å². The molecule has 156 valence electrons. The van der Waals surface area contributed by atoms with E-state index in [1.54, 1.807) is 19.1 Å². The van der Waals surface area contributed by atoms with Crippen molar-refractivity contribution in [2.45, 2.75) is 46.1 Å². The van der Waals surface area contributed by atoms with Crippen LogP contribution in [0.4, 0.5) is 11.5 Å². The zero-order valence-electron chi connectivity index (χ0n) is 16.9. The Morgan fingerprint density at radius 3 is 2.43 bits per heavy atom. The lowest BCUT2D eigenvalue weighted by Crippen LogP contribution is -2.41. The first kappa shape index (κ1) is 19.8. The van der Waals surface area contributed by atoms with Crippen molar-refractivity contribution in [3.63, 3.8) is 0 Å². The first-order valence-electron chi connectivity index (χ1n) is 9.77. The predicted octanol–water partition coefficient (Wildman–Crippen LogP) is 2.67. The Kier molecular flexibility index (Phi) is 4.48. The maximum Gasteiger partial charge on any atom is 0.329 e. The Morgan fingerprint density at radius 1 is 1.17 bits per heavy atom. The Morgan fingerprint density at radius 2 is 1.83 bits per heavy atom. The lowest BCUT2D eigenvalue weighted by atomic mass is 9.69. The van der Waals surface area contributed by atoms with Crippen molar-refractivity contribution < 1.29 is 9.72 Å². The third-order valence-electron chi connectivity index (χ3n) is 5.76. The number of ketones is 1. The second kappa shape index (κ2) is 6.79. The lowest BCUT2D eigenvalue weighted by Gasteiger charge is -2.39. The number of H-pyrrole nitrogens is 1. The first-order chi connectivity index (χ1) is 14.1. The van der Waals surface area contributed by atoms with Crippen LogP contribution in [-0.4, -0.2) is 20.3 Å². The van der Waals surface area contributed by atoms with Gasteiger partial charge in [-0.3, -0.25) is 29.3 Å². The number of rotatable bonds is 3. The summed E-state index contributed by atoms with van der Waals surface area (Å²) in [4.78, 5) is 51.3. The Labute approximate surface area is 171 Å². The molecule has 2 N–H and O–H groups in total. The van der Waals surface area contributed by atoms with E-state index in [4.69, 9.17) is 0 Å². The highest BCUT2D eigenvalue weighted by atomic mass is 16.6. The molecule has 0 saturated heterocycles. The van der Waals surface area contributed by atoms with Gasteiger partial charge in [-0.15, -0.1) is 0 Å². The van der Waals surface area contributed by atoms with Gasteiger partial charge in [-0.05, 0) is 24.3 Å². The molecule has 2 heterocycles. The molecule has 0 saturated carbocycles. The van der Waals surface area contributed by atoms with Crippen LogP contribution in [0.1, 0.15) is 50.7 Å². The number of Topliss-reactive ketones (excluding diaryl/α,β-unsaturated/α-hetero) is 1. The van der Waals surface area contributed by atoms with Crippen LogP contribution in [0.3, 0.4) is 0 Å². The molecule has 30 heavy (non-hydrogen) atoms. The average molecular weight is 410 g/mol. The first-order valence-corrected chi connectivity index (χ1v) is 9.77.